The van der Waals surface area contributed by atoms with Crippen molar-refractivity contribution in [2.75, 3.05) is 6.61 Å². The van der Waals surface area contributed by atoms with Crippen LogP contribution in [0.5, 0.6) is 11.5 Å². The number of hydrazone groups is 1. The van der Waals surface area contributed by atoms with Crippen molar-refractivity contribution >= 4 is 28.1 Å². The maximum absolute atomic E-state index is 12.6. The summed E-state index contributed by atoms with van der Waals surface area (Å²) in [7, 11) is 0. The molecule has 2 aliphatic rings. The summed E-state index contributed by atoms with van der Waals surface area (Å²) in [5.74, 6) is 1.96. The fourth-order valence-corrected chi connectivity index (χ4v) is 5.46. The number of nitrogens with one attached hydrogen (secondary N) is 1. The van der Waals surface area contributed by atoms with E-state index in [1.165, 1.54) is 12.8 Å². The number of ether oxygens (including phenoxy) is 2. The first kappa shape index (κ1) is 21.9. The van der Waals surface area contributed by atoms with Gasteiger partial charge >= 0.3 is 0 Å². The Kier molecular flexibility index (Phi) is 6.65. The van der Waals surface area contributed by atoms with Crippen LogP contribution in [0.1, 0.15) is 50.7 Å². The Morgan fingerprint density at radius 3 is 2.77 bits per heavy atom. The molecule has 0 heterocycles. The molecule has 1 N–H and O–H groups in total. The van der Waals surface area contributed by atoms with Gasteiger partial charge in [0.2, 0.25) is 5.91 Å². The number of carbonyl (C=O) groups excluding carboxylic acids is 1. The molecule has 0 aromatic heterocycles. The summed E-state index contributed by atoms with van der Waals surface area (Å²) < 4.78 is 12.6. The Balaban J connectivity index is 1.41. The van der Waals surface area contributed by atoms with Crippen LogP contribution < -0.4 is 14.9 Å². The van der Waals surface area contributed by atoms with Crippen molar-refractivity contribution in [2.24, 2.45) is 22.4 Å². The van der Waals surface area contributed by atoms with Gasteiger partial charge in [-0.05, 0) is 70.3 Å². The number of carbonyl (C=O) groups is 1. The van der Waals surface area contributed by atoms with Crippen LogP contribution >= 0.6 is 15.9 Å². The van der Waals surface area contributed by atoms with E-state index in [-0.39, 0.29) is 17.2 Å². The highest BCUT2D eigenvalue weighted by molar-refractivity contribution is 9.10. The second-order valence-corrected chi connectivity index (χ2v) is 9.46. The molecule has 1 amide bonds. The van der Waals surface area contributed by atoms with E-state index in [1.807, 2.05) is 49.4 Å². The summed E-state index contributed by atoms with van der Waals surface area (Å²) >= 11 is 3.59. The third kappa shape index (κ3) is 4.79. The van der Waals surface area contributed by atoms with E-state index in [0.29, 0.717) is 30.6 Å². The van der Waals surface area contributed by atoms with Gasteiger partial charge in [-0.2, -0.15) is 5.10 Å². The molecule has 5 nitrogen and oxygen atoms in total. The number of rotatable bonds is 8. The second-order valence-electron chi connectivity index (χ2n) is 8.61. The Morgan fingerprint density at radius 1 is 1.26 bits per heavy atom. The molecule has 4 rings (SSSR count). The van der Waals surface area contributed by atoms with Crippen LogP contribution in [0.3, 0.4) is 0 Å². The molecule has 2 aromatic rings. The molecule has 2 fully saturated rings. The number of nitrogens with zero attached hydrogens (tertiary/aromatic N) is 1. The highest BCUT2D eigenvalue weighted by Gasteiger charge is 2.64. The number of fused-ring (bicyclic) bond motifs is 1. The molecule has 0 aliphatic heterocycles. The van der Waals surface area contributed by atoms with Crippen molar-refractivity contribution in [3.63, 3.8) is 0 Å². The summed E-state index contributed by atoms with van der Waals surface area (Å²) in [4.78, 5) is 12.6. The Bertz CT molecular complexity index is 963. The Labute approximate surface area is 192 Å². The van der Waals surface area contributed by atoms with Crippen LogP contribution in [0.4, 0.5) is 0 Å². The zero-order valence-corrected chi connectivity index (χ0v) is 19.7. The van der Waals surface area contributed by atoms with Crippen LogP contribution in [0.15, 0.2) is 52.0 Å². The van der Waals surface area contributed by atoms with Gasteiger partial charge in [-0.15, -0.1) is 0 Å². The van der Waals surface area contributed by atoms with E-state index >= 15 is 0 Å². The minimum Gasteiger partial charge on any atom is -0.490 e. The summed E-state index contributed by atoms with van der Waals surface area (Å²) in [5, 5.41) is 4.22. The number of halogens is 1. The Morgan fingerprint density at radius 2 is 2.06 bits per heavy atom. The van der Waals surface area contributed by atoms with Crippen LogP contribution in [0.2, 0.25) is 0 Å². The fourth-order valence-electron chi connectivity index (χ4n) is 4.89. The Hall–Kier alpha value is -2.34. The van der Waals surface area contributed by atoms with Crippen LogP contribution in [0.25, 0.3) is 0 Å². The predicted molar refractivity (Wildman–Crippen MR) is 125 cm³/mol. The SMILES string of the molecule is CCOc1cc(/C=N\NC(=O)[C@@H]2[C@@H]3CCCC[C@]23C)cc(Br)c1OCc1ccccc1. The molecule has 0 radical (unpaired) electrons. The number of hydrogen-bond acceptors (Lipinski definition) is 4. The highest BCUT2D eigenvalue weighted by Crippen LogP contribution is 2.66. The lowest BCUT2D eigenvalue weighted by atomic mass is 9.90. The van der Waals surface area contributed by atoms with Gasteiger partial charge in [-0.25, -0.2) is 5.43 Å². The van der Waals surface area contributed by atoms with Crippen molar-refractivity contribution in [1.29, 1.82) is 0 Å². The summed E-state index contributed by atoms with van der Waals surface area (Å²) in [5.41, 5.74) is 4.84. The summed E-state index contributed by atoms with van der Waals surface area (Å²) in [6.07, 6.45) is 6.43. The van der Waals surface area contributed by atoms with Crippen molar-refractivity contribution < 1.29 is 14.3 Å². The maximum Gasteiger partial charge on any atom is 0.244 e. The van der Waals surface area contributed by atoms with Crippen molar-refractivity contribution in [2.45, 2.75) is 46.1 Å². The smallest absolute Gasteiger partial charge is 0.244 e. The third-order valence-corrected chi connectivity index (χ3v) is 7.15. The average Bonchev–Trinajstić information content (AvgIpc) is 3.39. The molecule has 2 aromatic carbocycles. The van der Waals surface area contributed by atoms with Crippen molar-refractivity contribution in [3.05, 3.63) is 58.1 Å². The number of benzene rings is 2. The van der Waals surface area contributed by atoms with Gasteiger partial charge in [0.25, 0.3) is 0 Å². The second kappa shape index (κ2) is 9.43. The van der Waals surface area contributed by atoms with Crippen LogP contribution in [-0.2, 0) is 11.4 Å². The summed E-state index contributed by atoms with van der Waals surface area (Å²) in [6, 6.07) is 13.8. The van der Waals surface area contributed by atoms with E-state index in [1.54, 1.807) is 6.21 Å². The van der Waals surface area contributed by atoms with Crippen molar-refractivity contribution in [1.82, 2.24) is 5.43 Å². The number of amides is 1. The van der Waals surface area contributed by atoms with E-state index in [4.69, 9.17) is 9.47 Å². The quantitative estimate of drug-likeness (QED) is 0.385. The fraction of sp³-hybridized carbons (Fsp3) is 0.440. The highest BCUT2D eigenvalue weighted by atomic mass is 79.9. The molecule has 2 saturated carbocycles. The summed E-state index contributed by atoms with van der Waals surface area (Å²) in [6.45, 7) is 5.15. The van der Waals surface area contributed by atoms with E-state index in [0.717, 1.165) is 28.4 Å². The topological polar surface area (TPSA) is 59.9 Å². The molecule has 31 heavy (non-hydrogen) atoms. The van der Waals surface area contributed by atoms with Gasteiger partial charge in [0.15, 0.2) is 11.5 Å². The average molecular weight is 485 g/mol. The van der Waals surface area contributed by atoms with Gasteiger partial charge in [0.1, 0.15) is 6.61 Å². The molecule has 0 saturated heterocycles. The van der Waals surface area contributed by atoms with Gasteiger partial charge in [0, 0.05) is 5.92 Å². The lowest BCUT2D eigenvalue weighted by Gasteiger charge is -2.15. The molecule has 0 bridgehead atoms. The molecule has 0 spiro atoms. The molecular formula is C25H29BrN2O3. The van der Waals surface area contributed by atoms with Gasteiger partial charge in [0.05, 0.1) is 17.3 Å². The minimum absolute atomic E-state index is 0.0394. The zero-order valence-electron chi connectivity index (χ0n) is 18.1. The lowest BCUT2D eigenvalue weighted by Crippen LogP contribution is -2.22. The van der Waals surface area contributed by atoms with E-state index in [9.17, 15) is 4.79 Å². The third-order valence-electron chi connectivity index (χ3n) is 6.56. The molecule has 2 aliphatic carbocycles. The first-order valence-electron chi connectivity index (χ1n) is 11.0. The van der Waals surface area contributed by atoms with Crippen LogP contribution in [0, 0.1) is 17.3 Å². The molecule has 164 valence electrons. The molecule has 3 atom stereocenters. The first-order valence-corrected chi connectivity index (χ1v) is 11.8. The monoisotopic (exact) mass is 484 g/mol. The largest absolute Gasteiger partial charge is 0.490 e. The van der Waals surface area contributed by atoms with Gasteiger partial charge in [-0.3, -0.25) is 4.79 Å². The predicted octanol–water partition coefficient (Wildman–Crippen LogP) is 5.70. The van der Waals surface area contributed by atoms with E-state index in [2.05, 4.69) is 33.4 Å². The molecular weight excluding hydrogens is 456 g/mol. The van der Waals surface area contributed by atoms with Crippen LogP contribution in [-0.4, -0.2) is 18.7 Å². The molecule has 6 heteroatoms. The van der Waals surface area contributed by atoms with E-state index < -0.39 is 0 Å². The normalized spacial score (nSPS) is 24.5. The minimum atomic E-state index is 0.0394. The maximum atomic E-state index is 12.6. The molecule has 0 unspecified atom stereocenters. The van der Waals surface area contributed by atoms with Gasteiger partial charge in [-0.1, -0.05) is 50.1 Å². The lowest BCUT2D eigenvalue weighted by molar-refractivity contribution is -0.123. The number of hydrogen-bond donors (Lipinski definition) is 1. The standard InChI is InChI=1S/C25H29BrN2O3/c1-3-30-21-14-18(13-20(26)23(21)31-16-17-9-5-4-6-10-17)15-27-28-24(29)22-19-11-7-8-12-25(19,22)2/h4-6,9-10,13-15,19,22H,3,7-8,11-12,16H2,1-2H3,(H,28,29)/b27-15-/t19-,22-,25-/m0/s1. The first-order chi connectivity index (χ1) is 15.0. The zero-order chi connectivity index (χ0) is 21.8. The van der Waals surface area contributed by atoms with Crippen molar-refractivity contribution in [3.8, 4) is 11.5 Å². The van der Waals surface area contributed by atoms with Gasteiger partial charge < -0.3 is 9.47 Å².